The molecule has 0 spiro atoms. The summed E-state index contributed by atoms with van der Waals surface area (Å²) >= 11 is 0. The Bertz CT molecular complexity index is 298. The van der Waals surface area contributed by atoms with Gasteiger partial charge >= 0.3 is 0 Å². The molecule has 96 valence electrons. The molecule has 4 heteroatoms. The van der Waals surface area contributed by atoms with E-state index in [0.29, 0.717) is 0 Å². The molecular formula is C13H22N2O2. The van der Waals surface area contributed by atoms with Crippen molar-refractivity contribution in [2.45, 2.75) is 51.0 Å². The first-order valence-electron chi connectivity index (χ1n) is 6.76. The Morgan fingerprint density at radius 1 is 1.06 bits per heavy atom. The Labute approximate surface area is 103 Å². The van der Waals surface area contributed by atoms with Gasteiger partial charge in [-0.3, -0.25) is 9.59 Å². The van der Waals surface area contributed by atoms with E-state index in [2.05, 4.69) is 5.32 Å². The fraction of sp³-hybridized carbons (Fsp3) is 0.846. The average Bonchev–Trinajstić information content (AvgIpc) is 2.87. The summed E-state index contributed by atoms with van der Waals surface area (Å²) < 4.78 is 0. The van der Waals surface area contributed by atoms with Crippen LogP contribution in [0.15, 0.2) is 0 Å². The van der Waals surface area contributed by atoms with Gasteiger partial charge in [0.05, 0.1) is 0 Å². The van der Waals surface area contributed by atoms with Crippen LogP contribution in [-0.4, -0.2) is 36.3 Å². The maximum absolute atomic E-state index is 12.4. The van der Waals surface area contributed by atoms with Gasteiger partial charge in [-0.15, -0.1) is 0 Å². The SMILES string of the molecule is CNC(=O)[C@@H]1CCCN1C(=O)C1CCCCC1. The summed E-state index contributed by atoms with van der Waals surface area (Å²) in [5.41, 5.74) is 0. The summed E-state index contributed by atoms with van der Waals surface area (Å²) in [6.45, 7) is 0.757. The number of nitrogens with zero attached hydrogens (tertiary/aromatic N) is 1. The van der Waals surface area contributed by atoms with E-state index >= 15 is 0 Å². The van der Waals surface area contributed by atoms with Gasteiger partial charge in [-0.1, -0.05) is 19.3 Å². The van der Waals surface area contributed by atoms with Crippen molar-refractivity contribution in [1.82, 2.24) is 10.2 Å². The zero-order valence-corrected chi connectivity index (χ0v) is 10.6. The molecular weight excluding hydrogens is 216 g/mol. The predicted molar refractivity (Wildman–Crippen MR) is 65.4 cm³/mol. The summed E-state index contributed by atoms with van der Waals surface area (Å²) in [6, 6.07) is -0.213. The van der Waals surface area contributed by atoms with Gasteiger partial charge in [-0.05, 0) is 25.7 Å². The number of carbonyl (C=O) groups excluding carboxylic acids is 2. The lowest BCUT2D eigenvalue weighted by Crippen LogP contribution is -2.47. The van der Waals surface area contributed by atoms with Crippen molar-refractivity contribution >= 4 is 11.8 Å². The number of amides is 2. The molecule has 2 aliphatic rings. The summed E-state index contributed by atoms with van der Waals surface area (Å²) in [4.78, 5) is 25.9. The lowest BCUT2D eigenvalue weighted by molar-refractivity contribution is -0.142. The van der Waals surface area contributed by atoms with Gasteiger partial charge in [0.1, 0.15) is 6.04 Å². The minimum atomic E-state index is -0.213. The number of hydrogen-bond donors (Lipinski definition) is 1. The highest BCUT2D eigenvalue weighted by molar-refractivity contribution is 5.89. The normalized spacial score (nSPS) is 25.9. The molecule has 1 saturated heterocycles. The molecule has 0 radical (unpaired) electrons. The third-order valence-electron chi connectivity index (χ3n) is 4.04. The van der Waals surface area contributed by atoms with Crippen molar-refractivity contribution in [2.75, 3.05) is 13.6 Å². The maximum Gasteiger partial charge on any atom is 0.242 e. The molecule has 1 heterocycles. The van der Waals surface area contributed by atoms with Crippen LogP contribution in [0.2, 0.25) is 0 Å². The van der Waals surface area contributed by atoms with E-state index in [-0.39, 0.29) is 23.8 Å². The fourth-order valence-corrected chi connectivity index (χ4v) is 3.05. The predicted octanol–water partition coefficient (Wildman–Crippen LogP) is 1.30. The topological polar surface area (TPSA) is 49.4 Å². The first-order chi connectivity index (χ1) is 8.24. The van der Waals surface area contributed by atoms with Crippen LogP contribution in [0.25, 0.3) is 0 Å². The quantitative estimate of drug-likeness (QED) is 0.788. The van der Waals surface area contributed by atoms with Crippen LogP contribution < -0.4 is 5.32 Å². The molecule has 0 unspecified atom stereocenters. The van der Waals surface area contributed by atoms with Crippen molar-refractivity contribution in [2.24, 2.45) is 5.92 Å². The fourth-order valence-electron chi connectivity index (χ4n) is 3.05. The lowest BCUT2D eigenvalue weighted by atomic mass is 9.88. The number of likely N-dealkylation sites (tertiary alicyclic amines) is 1. The molecule has 0 aromatic rings. The second-order valence-corrected chi connectivity index (χ2v) is 5.14. The van der Waals surface area contributed by atoms with Crippen molar-refractivity contribution < 1.29 is 9.59 Å². The smallest absolute Gasteiger partial charge is 0.242 e. The Kier molecular flexibility index (Phi) is 4.02. The second-order valence-electron chi connectivity index (χ2n) is 5.14. The highest BCUT2D eigenvalue weighted by Gasteiger charge is 2.36. The first-order valence-corrected chi connectivity index (χ1v) is 6.76. The van der Waals surface area contributed by atoms with E-state index in [9.17, 15) is 9.59 Å². The molecule has 1 aliphatic heterocycles. The summed E-state index contributed by atoms with van der Waals surface area (Å²) in [7, 11) is 1.64. The zero-order valence-electron chi connectivity index (χ0n) is 10.6. The minimum Gasteiger partial charge on any atom is -0.357 e. The lowest BCUT2D eigenvalue weighted by Gasteiger charge is -2.29. The van der Waals surface area contributed by atoms with Crippen LogP contribution in [0, 0.1) is 5.92 Å². The summed E-state index contributed by atoms with van der Waals surface area (Å²) in [5, 5.41) is 2.66. The summed E-state index contributed by atoms with van der Waals surface area (Å²) in [6.07, 6.45) is 7.37. The number of likely N-dealkylation sites (N-methyl/N-ethyl adjacent to an activating group) is 1. The van der Waals surface area contributed by atoms with E-state index in [1.54, 1.807) is 7.05 Å². The van der Waals surface area contributed by atoms with Gasteiger partial charge in [-0.25, -0.2) is 0 Å². The number of nitrogens with one attached hydrogen (secondary N) is 1. The van der Waals surface area contributed by atoms with E-state index in [1.165, 1.54) is 6.42 Å². The zero-order chi connectivity index (χ0) is 12.3. The first kappa shape index (κ1) is 12.4. The number of carbonyl (C=O) groups is 2. The van der Waals surface area contributed by atoms with Gasteiger partial charge in [0.15, 0.2) is 0 Å². The monoisotopic (exact) mass is 238 g/mol. The maximum atomic E-state index is 12.4. The van der Waals surface area contributed by atoms with E-state index in [1.807, 2.05) is 4.90 Å². The molecule has 1 saturated carbocycles. The van der Waals surface area contributed by atoms with Crippen LogP contribution >= 0.6 is 0 Å². The minimum absolute atomic E-state index is 0.00772. The highest BCUT2D eigenvalue weighted by Crippen LogP contribution is 2.28. The van der Waals surface area contributed by atoms with E-state index < -0.39 is 0 Å². The van der Waals surface area contributed by atoms with E-state index in [0.717, 1.165) is 45.1 Å². The second kappa shape index (κ2) is 5.52. The van der Waals surface area contributed by atoms with Crippen molar-refractivity contribution in [3.63, 3.8) is 0 Å². The third-order valence-corrected chi connectivity index (χ3v) is 4.04. The van der Waals surface area contributed by atoms with Crippen LogP contribution in [0.1, 0.15) is 44.9 Å². The average molecular weight is 238 g/mol. The molecule has 1 aliphatic carbocycles. The van der Waals surface area contributed by atoms with Crippen LogP contribution in [0.3, 0.4) is 0 Å². The van der Waals surface area contributed by atoms with Gasteiger partial charge in [0.25, 0.3) is 0 Å². The Morgan fingerprint density at radius 3 is 2.41 bits per heavy atom. The summed E-state index contributed by atoms with van der Waals surface area (Å²) in [5.74, 6) is 0.386. The number of rotatable bonds is 2. The third kappa shape index (κ3) is 2.61. The van der Waals surface area contributed by atoms with Gasteiger partial charge < -0.3 is 10.2 Å². The molecule has 1 N–H and O–H groups in total. The molecule has 4 nitrogen and oxygen atoms in total. The van der Waals surface area contributed by atoms with E-state index in [4.69, 9.17) is 0 Å². The highest BCUT2D eigenvalue weighted by atomic mass is 16.2. The van der Waals surface area contributed by atoms with Crippen LogP contribution in [-0.2, 0) is 9.59 Å². The van der Waals surface area contributed by atoms with Crippen molar-refractivity contribution in [3.8, 4) is 0 Å². The van der Waals surface area contributed by atoms with Gasteiger partial charge in [0.2, 0.25) is 11.8 Å². The van der Waals surface area contributed by atoms with Gasteiger partial charge in [0, 0.05) is 19.5 Å². The molecule has 0 bridgehead atoms. The van der Waals surface area contributed by atoms with Crippen molar-refractivity contribution in [1.29, 1.82) is 0 Å². The Balaban J connectivity index is 1.99. The number of hydrogen-bond acceptors (Lipinski definition) is 2. The molecule has 2 amide bonds. The Hall–Kier alpha value is -1.06. The Morgan fingerprint density at radius 2 is 1.76 bits per heavy atom. The molecule has 1 atom stereocenters. The molecule has 2 fully saturated rings. The van der Waals surface area contributed by atoms with Gasteiger partial charge in [-0.2, -0.15) is 0 Å². The standard InChI is InChI=1S/C13H22N2O2/c1-14-12(16)11-8-5-9-15(11)13(17)10-6-3-2-4-7-10/h10-11H,2-9H2,1H3,(H,14,16)/t11-/m0/s1. The molecule has 0 aromatic carbocycles. The van der Waals surface area contributed by atoms with Crippen molar-refractivity contribution in [3.05, 3.63) is 0 Å². The largest absolute Gasteiger partial charge is 0.357 e. The molecule has 2 rings (SSSR count). The van der Waals surface area contributed by atoms with Crippen LogP contribution in [0.4, 0.5) is 0 Å². The molecule has 17 heavy (non-hydrogen) atoms. The van der Waals surface area contributed by atoms with Crippen LogP contribution in [0.5, 0.6) is 0 Å². The molecule has 0 aromatic heterocycles.